The summed E-state index contributed by atoms with van der Waals surface area (Å²) >= 11 is 3.42. The van der Waals surface area contributed by atoms with Gasteiger partial charge in [0.1, 0.15) is 5.92 Å². The molecule has 2 amide bonds. The molecule has 6 nitrogen and oxygen atoms in total. The summed E-state index contributed by atoms with van der Waals surface area (Å²) in [7, 11) is 0. The van der Waals surface area contributed by atoms with Crippen LogP contribution in [0.5, 0.6) is 0 Å². The summed E-state index contributed by atoms with van der Waals surface area (Å²) < 4.78 is 6.25. The van der Waals surface area contributed by atoms with Gasteiger partial charge in [0.15, 0.2) is 0 Å². The van der Waals surface area contributed by atoms with Gasteiger partial charge < -0.3 is 15.0 Å². The topological polar surface area (TPSA) is 61.9 Å². The lowest BCUT2D eigenvalue weighted by atomic mass is 10.1. The van der Waals surface area contributed by atoms with Crippen LogP contribution < -0.4 is 10.2 Å². The van der Waals surface area contributed by atoms with Crippen molar-refractivity contribution in [2.24, 2.45) is 5.92 Å². The molecule has 0 saturated carbocycles. The van der Waals surface area contributed by atoms with Gasteiger partial charge in [-0.05, 0) is 37.6 Å². The maximum absolute atomic E-state index is 12.6. The number of hydrogen-bond acceptors (Lipinski definition) is 4. The lowest BCUT2D eigenvalue weighted by Gasteiger charge is -2.26. The molecule has 2 aliphatic heterocycles. The molecule has 0 radical (unpaired) electrons. The smallest absolute Gasteiger partial charge is 0.239 e. The van der Waals surface area contributed by atoms with Gasteiger partial charge >= 0.3 is 0 Å². The first kappa shape index (κ1) is 18.4. The van der Waals surface area contributed by atoms with E-state index in [0.29, 0.717) is 19.5 Å². The van der Waals surface area contributed by atoms with Crippen LogP contribution in [0.15, 0.2) is 28.7 Å². The first-order valence-corrected chi connectivity index (χ1v) is 9.59. The first-order chi connectivity index (χ1) is 12.1. The van der Waals surface area contributed by atoms with Gasteiger partial charge in [-0.25, -0.2) is 0 Å². The summed E-state index contributed by atoms with van der Waals surface area (Å²) in [5.74, 6) is -0.823. The molecule has 0 bridgehead atoms. The van der Waals surface area contributed by atoms with Crippen LogP contribution in [0.2, 0.25) is 0 Å². The Balaban J connectivity index is 1.44. The molecule has 3 rings (SSSR count). The van der Waals surface area contributed by atoms with Crippen LogP contribution in [0, 0.1) is 5.92 Å². The zero-order chi connectivity index (χ0) is 17.6. The van der Waals surface area contributed by atoms with E-state index >= 15 is 0 Å². The van der Waals surface area contributed by atoms with E-state index in [2.05, 4.69) is 26.1 Å². The summed E-state index contributed by atoms with van der Waals surface area (Å²) in [6.45, 7) is 5.63. The number of carbonyl (C=O) groups excluding carboxylic acids is 2. The standard InChI is InChI=1S/C18H24BrN3O3/c19-14-3-1-4-15(13-14)22-8-5-16(18(22)24)17(23)20-6-2-7-21-9-11-25-12-10-21/h1,3-4,13,16H,2,5-12H2,(H,20,23). The summed E-state index contributed by atoms with van der Waals surface area (Å²) in [4.78, 5) is 29.0. The minimum Gasteiger partial charge on any atom is -0.379 e. The lowest BCUT2D eigenvalue weighted by Crippen LogP contribution is -2.40. The molecule has 2 heterocycles. The Bertz CT molecular complexity index is 619. The lowest BCUT2D eigenvalue weighted by molar-refractivity contribution is -0.132. The van der Waals surface area contributed by atoms with Crippen LogP contribution in [0.4, 0.5) is 5.69 Å². The largest absolute Gasteiger partial charge is 0.379 e. The molecule has 25 heavy (non-hydrogen) atoms. The number of hydrogen-bond donors (Lipinski definition) is 1. The van der Waals surface area contributed by atoms with Crippen molar-refractivity contribution in [2.45, 2.75) is 12.8 Å². The van der Waals surface area contributed by atoms with E-state index in [1.54, 1.807) is 4.90 Å². The average molecular weight is 410 g/mol. The van der Waals surface area contributed by atoms with Gasteiger partial charge in [-0.2, -0.15) is 0 Å². The number of morpholine rings is 1. The normalized spacial score (nSPS) is 21.6. The number of rotatable bonds is 6. The van der Waals surface area contributed by atoms with E-state index < -0.39 is 5.92 Å². The summed E-state index contributed by atoms with van der Waals surface area (Å²) in [5.41, 5.74) is 0.835. The Labute approximate surface area is 156 Å². The zero-order valence-electron chi connectivity index (χ0n) is 14.2. The number of ether oxygens (including phenoxy) is 1. The van der Waals surface area contributed by atoms with Crippen molar-refractivity contribution < 1.29 is 14.3 Å². The highest BCUT2D eigenvalue weighted by Crippen LogP contribution is 2.27. The monoisotopic (exact) mass is 409 g/mol. The molecule has 136 valence electrons. The van der Waals surface area contributed by atoms with Crippen molar-refractivity contribution in [3.8, 4) is 0 Å². The van der Waals surface area contributed by atoms with E-state index in [-0.39, 0.29) is 11.8 Å². The molecular formula is C18H24BrN3O3. The van der Waals surface area contributed by atoms with Gasteiger partial charge in [-0.3, -0.25) is 14.5 Å². The fourth-order valence-electron chi connectivity index (χ4n) is 3.29. The molecule has 0 aliphatic carbocycles. The number of nitrogens with zero attached hydrogens (tertiary/aromatic N) is 2. The SMILES string of the molecule is O=C(NCCCN1CCOCC1)C1CCN(c2cccc(Br)c2)C1=O. The van der Waals surface area contributed by atoms with Gasteiger partial charge in [-0.1, -0.05) is 22.0 Å². The van der Waals surface area contributed by atoms with E-state index in [1.807, 2.05) is 24.3 Å². The molecule has 1 N–H and O–H groups in total. The van der Waals surface area contributed by atoms with Crippen LogP contribution in [-0.4, -0.2) is 62.7 Å². The number of carbonyl (C=O) groups is 2. The van der Waals surface area contributed by atoms with Gasteiger partial charge in [0.05, 0.1) is 13.2 Å². The molecule has 1 unspecified atom stereocenters. The minimum absolute atomic E-state index is 0.108. The quantitative estimate of drug-likeness (QED) is 0.572. The van der Waals surface area contributed by atoms with Crippen molar-refractivity contribution in [3.05, 3.63) is 28.7 Å². The highest BCUT2D eigenvalue weighted by atomic mass is 79.9. The third-order valence-electron chi connectivity index (χ3n) is 4.70. The molecule has 7 heteroatoms. The van der Waals surface area contributed by atoms with Gasteiger partial charge in [-0.15, -0.1) is 0 Å². The van der Waals surface area contributed by atoms with Crippen LogP contribution in [0.3, 0.4) is 0 Å². The van der Waals surface area contributed by atoms with Crippen molar-refractivity contribution in [2.75, 3.05) is 50.8 Å². The molecule has 1 atom stereocenters. The minimum atomic E-state index is -0.567. The second-order valence-corrected chi connectivity index (χ2v) is 7.33. The van der Waals surface area contributed by atoms with Crippen LogP contribution in [-0.2, 0) is 14.3 Å². The third-order valence-corrected chi connectivity index (χ3v) is 5.19. The van der Waals surface area contributed by atoms with Crippen molar-refractivity contribution in [1.82, 2.24) is 10.2 Å². The summed E-state index contributed by atoms with van der Waals surface area (Å²) in [6.07, 6.45) is 1.46. The Hall–Kier alpha value is -1.44. The number of benzene rings is 1. The second-order valence-electron chi connectivity index (χ2n) is 6.41. The molecular weight excluding hydrogens is 386 g/mol. The Morgan fingerprint density at radius 2 is 2.08 bits per heavy atom. The number of halogens is 1. The molecule has 2 saturated heterocycles. The predicted molar refractivity (Wildman–Crippen MR) is 99.5 cm³/mol. The van der Waals surface area contributed by atoms with Gasteiger partial charge in [0, 0.05) is 36.3 Å². The fourth-order valence-corrected chi connectivity index (χ4v) is 3.67. The van der Waals surface area contributed by atoms with E-state index in [9.17, 15) is 9.59 Å². The average Bonchev–Trinajstić information content (AvgIpc) is 3.01. The van der Waals surface area contributed by atoms with Crippen molar-refractivity contribution in [3.63, 3.8) is 0 Å². The molecule has 1 aromatic rings. The molecule has 2 aliphatic rings. The van der Waals surface area contributed by atoms with Crippen LogP contribution in [0.1, 0.15) is 12.8 Å². The molecule has 2 fully saturated rings. The van der Waals surface area contributed by atoms with Crippen LogP contribution in [0.25, 0.3) is 0 Å². The number of nitrogens with one attached hydrogen (secondary N) is 1. The third kappa shape index (κ3) is 4.80. The second kappa shape index (κ2) is 8.78. The van der Waals surface area contributed by atoms with Crippen molar-refractivity contribution in [1.29, 1.82) is 0 Å². The summed E-state index contributed by atoms with van der Waals surface area (Å²) in [6, 6.07) is 7.61. The van der Waals surface area contributed by atoms with E-state index in [1.165, 1.54) is 0 Å². The molecule has 0 spiro atoms. The highest BCUT2D eigenvalue weighted by Gasteiger charge is 2.37. The zero-order valence-corrected chi connectivity index (χ0v) is 15.8. The van der Waals surface area contributed by atoms with E-state index in [0.717, 1.165) is 49.4 Å². The fraction of sp³-hybridized carbons (Fsp3) is 0.556. The maximum Gasteiger partial charge on any atom is 0.239 e. The van der Waals surface area contributed by atoms with Gasteiger partial charge in [0.25, 0.3) is 0 Å². The first-order valence-electron chi connectivity index (χ1n) is 8.80. The number of anilines is 1. The highest BCUT2D eigenvalue weighted by molar-refractivity contribution is 9.10. The number of amides is 2. The predicted octanol–water partition coefficient (Wildman–Crippen LogP) is 1.64. The van der Waals surface area contributed by atoms with E-state index in [4.69, 9.17) is 4.74 Å². The maximum atomic E-state index is 12.6. The Morgan fingerprint density at radius 1 is 1.28 bits per heavy atom. The molecule has 1 aromatic carbocycles. The van der Waals surface area contributed by atoms with Crippen LogP contribution >= 0.6 is 15.9 Å². The molecule has 0 aromatic heterocycles. The summed E-state index contributed by atoms with van der Waals surface area (Å²) in [5, 5.41) is 2.92. The van der Waals surface area contributed by atoms with Gasteiger partial charge in [0.2, 0.25) is 11.8 Å². The Kier molecular flexibility index (Phi) is 6.45. The Morgan fingerprint density at radius 3 is 2.84 bits per heavy atom. The van der Waals surface area contributed by atoms with Crippen molar-refractivity contribution >= 4 is 33.4 Å².